The van der Waals surface area contributed by atoms with Gasteiger partial charge in [-0.3, -0.25) is 4.79 Å². The largest absolute Gasteiger partial charge is 0.477 e. The van der Waals surface area contributed by atoms with Crippen LogP contribution in [0.2, 0.25) is 0 Å². The molecular weight excluding hydrogens is 237 g/mol. The second kappa shape index (κ2) is 5.11. The summed E-state index contributed by atoms with van der Waals surface area (Å²) in [5.74, 6) is -1.48. The normalized spacial score (nSPS) is 11.6. The Morgan fingerprint density at radius 1 is 1.41 bits per heavy atom. The molecule has 0 saturated carbocycles. The van der Waals surface area contributed by atoms with Crippen LogP contribution in [0.3, 0.4) is 0 Å². The maximum absolute atomic E-state index is 12.4. The molecule has 17 heavy (non-hydrogen) atoms. The lowest BCUT2D eigenvalue weighted by molar-refractivity contribution is -0.145. The molecule has 0 N–H and O–H groups in total. The molecule has 0 radical (unpaired) electrons. The molecule has 0 amide bonds. The Hall–Kier alpha value is -1.66. The van der Waals surface area contributed by atoms with E-state index in [0.29, 0.717) is 0 Å². The topological polar surface area (TPSA) is 52.1 Å². The summed E-state index contributed by atoms with van der Waals surface area (Å²) >= 11 is 0. The maximum Gasteiger partial charge on any atom is 0.451 e. The average Bonchev–Trinajstić information content (AvgIpc) is 2.24. The Morgan fingerprint density at radius 3 is 2.53 bits per heavy atom. The molecule has 0 aromatic carbocycles. The van der Waals surface area contributed by atoms with Crippen LogP contribution < -0.4 is 4.74 Å². The molecule has 1 aromatic heterocycles. The maximum atomic E-state index is 12.4. The quantitative estimate of drug-likeness (QED) is 0.767. The van der Waals surface area contributed by atoms with Crippen LogP contribution in [0, 0.1) is 5.92 Å². The number of ether oxygens (including phenoxy) is 1. The van der Waals surface area contributed by atoms with Crippen molar-refractivity contribution in [1.82, 2.24) is 9.97 Å². The van der Waals surface area contributed by atoms with Gasteiger partial charge >= 0.3 is 6.18 Å². The first-order valence-corrected chi connectivity index (χ1v) is 4.87. The Kier molecular flexibility index (Phi) is 4.03. The molecular formula is C10H11F3N2O2. The lowest BCUT2D eigenvalue weighted by Crippen LogP contribution is -2.14. The van der Waals surface area contributed by atoms with Crippen LogP contribution >= 0.6 is 0 Å². The fourth-order valence-electron chi connectivity index (χ4n) is 0.956. The summed E-state index contributed by atoms with van der Waals surface area (Å²) in [7, 11) is 0. The molecule has 7 heteroatoms. The summed E-state index contributed by atoms with van der Waals surface area (Å²) < 4.78 is 42.2. The second-order valence-corrected chi connectivity index (χ2v) is 3.78. The summed E-state index contributed by atoms with van der Waals surface area (Å²) in [5.41, 5.74) is -0.355. The SMILES string of the molecule is CC(C)COc1cc(C=O)nc(C(F)(F)F)n1. The minimum atomic E-state index is -4.70. The number of hydrogen-bond acceptors (Lipinski definition) is 4. The van der Waals surface area contributed by atoms with E-state index in [-0.39, 0.29) is 30.4 Å². The molecule has 0 aliphatic rings. The van der Waals surface area contributed by atoms with Crippen LogP contribution in [0.4, 0.5) is 13.2 Å². The van der Waals surface area contributed by atoms with Gasteiger partial charge in [-0.05, 0) is 5.92 Å². The minimum absolute atomic E-state index is 0.138. The zero-order valence-electron chi connectivity index (χ0n) is 9.28. The van der Waals surface area contributed by atoms with Crippen LogP contribution in [0.25, 0.3) is 0 Å². The Morgan fingerprint density at radius 2 is 2.06 bits per heavy atom. The molecule has 0 atom stereocenters. The van der Waals surface area contributed by atoms with Crippen molar-refractivity contribution in [3.05, 3.63) is 17.6 Å². The molecule has 0 spiro atoms. The molecule has 0 aliphatic heterocycles. The van der Waals surface area contributed by atoms with Crippen molar-refractivity contribution < 1.29 is 22.7 Å². The van der Waals surface area contributed by atoms with Crippen molar-refractivity contribution in [2.45, 2.75) is 20.0 Å². The van der Waals surface area contributed by atoms with Gasteiger partial charge in [0.2, 0.25) is 11.7 Å². The Bertz CT molecular complexity index is 405. The Balaban J connectivity index is 3.01. The van der Waals surface area contributed by atoms with Gasteiger partial charge in [0.05, 0.1) is 6.61 Å². The van der Waals surface area contributed by atoms with E-state index in [1.807, 2.05) is 13.8 Å². The van der Waals surface area contributed by atoms with Gasteiger partial charge in [-0.15, -0.1) is 0 Å². The number of hydrogen-bond donors (Lipinski definition) is 0. The van der Waals surface area contributed by atoms with Gasteiger partial charge in [0, 0.05) is 6.07 Å². The van der Waals surface area contributed by atoms with E-state index in [2.05, 4.69) is 9.97 Å². The molecule has 1 aromatic rings. The van der Waals surface area contributed by atoms with Crippen molar-refractivity contribution in [1.29, 1.82) is 0 Å². The Labute approximate surface area is 95.8 Å². The van der Waals surface area contributed by atoms with Gasteiger partial charge in [0.15, 0.2) is 6.29 Å². The summed E-state index contributed by atoms with van der Waals surface area (Å²) in [4.78, 5) is 16.7. The highest BCUT2D eigenvalue weighted by Gasteiger charge is 2.35. The molecule has 94 valence electrons. The monoisotopic (exact) mass is 248 g/mol. The lowest BCUT2D eigenvalue weighted by atomic mass is 10.2. The molecule has 0 fully saturated rings. The van der Waals surface area contributed by atoms with Gasteiger partial charge in [0.25, 0.3) is 0 Å². The number of alkyl halides is 3. The molecule has 0 aliphatic carbocycles. The standard InChI is InChI=1S/C10H11F3N2O2/c1-6(2)5-17-8-3-7(4-16)14-9(15-8)10(11,12)13/h3-4,6H,5H2,1-2H3. The fraction of sp³-hybridized carbons (Fsp3) is 0.500. The van der Waals surface area contributed by atoms with E-state index < -0.39 is 12.0 Å². The highest BCUT2D eigenvalue weighted by Crippen LogP contribution is 2.27. The van der Waals surface area contributed by atoms with E-state index in [0.717, 1.165) is 6.07 Å². The average molecular weight is 248 g/mol. The molecule has 1 heterocycles. The van der Waals surface area contributed by atoms with Crippen LogP contribution in [0.15, 0.2) is 6.07 Å². The first kappa shape index (κ1) is 13.4. The summed E-state index contributed by atoms with van der Waals surface area (Å²) in [6.07, 6.45) is -4.48. The summed E-state index contributed by atoms with van der Waals surface area (Å²) in [6, 6.07) is 1.07. The number of aromatic nitrogens is 2. The number of halogens is 3. The zero-order chi connectivity index (χ0) is 13.1. The van der Waals surface area contributed by atoms with E-state index in [1.54, 1.807) is 0 Å². The third-order valence-corrected chi connectivity index (χ3v) is 1.66. The van der Waals surface area contributed by atoms with Crippen LogP contribution in [-0.4, -0.2) is 22.9 Å². The van der Waals surface area contributed by atoms with Gasteiger partial charge in [-0.1, -0.05) is 13.8 Å². The third kappa shape index (κ3) is 4.01. The van der Waals surface area contributed by atoms with Gasteiger partial charge in [0.1, 0.15) is 5.69 Å². The summed E-state index contributed by atoms with van der Waals surface area (Å²) in [6.45, 7) is 3.89. The molecule has 4 nitrogen and oxygen atoms in total. The number of carbonyl (C=O) groups excluding carboxylic acids is 1. The summed E-state index contributed by atoms with van der Waals surface area (Å²) in [5, 5.41) is 0. The number of nitrogens with zero attached hydrogens (tertiary/aromatic N) is 2. The van der Waals surface area contributed by atoms with Crippen molar-refractivity contribution in [3.8, 4) is 5.88 Å². The van der Waals surface area contributed by atoms with Crippen LogP contribution in [-0.2, 0) is 6.18 Å². The van der Waals surface area contributed by atoms with Crippen LogP contribution in [0.5, 0.6) is 5.88 Å². The van der Waals surface area contributed by atoms with E-state index in [9.17, 15) is 18.0 Å². The van der Waals surface area contributed by atoms with E-state index in [4.69, 9.17) is 4.74 Å². The smallest absolute Gasteiger partial charge is 0.451 e. The highest BCUT2D eigenvalue weighted by molar-refractivity contribution is 5.72. The molecule has 0 saturated heterocycles. The number of aldehydes is 1. The third-order valence-electron chi connectivity index (χ3n) is 1.66. The van der Waals surface area contributed by atoms with Crippen molar-refractivity contribution >= 4 is 6.29 Å². The van der Waals surface area contributed by atoms with Gasteiger partial charge in [-0.25, -0.2) is 4.98 Å². The van der Waals surface area contributed by atoms with Crippen molar-refractivity contribution in [3.63, 3.8) is 0 Å². The first-order chi connectivity index (χ1) is 7.82. The predicted octanol–water partition coefficient (Wildman–Crippen LogP) is 2.34. The highest BCUT2D eigenvalue weighted by atomic mass is 19.4. The number of rotatable bonds is 4. The molecule has 1 rings (SSSR count). The molecule has 0 bridgehead atoms. The fourth-order valence-corrected chi connectivity index (χ4v) is 0.956. The van der Waals surface area contributed by atoms with E-state index in [1.165, 1.54) is 0 Å². The minimum Gasteiger partial charge on any atom is -0.477 e. The molecule has 0 unspecified atom stereocenters. The number of carbonyl (C=O) groups is 1. The van der Waals surface area contributed by atoms with Crippen molar-refractivity contribution in [2.75, 3.05) is 6.61 Å². The first-order valence-electron chi connectivity index (χ1n) is 4.87. The second-order valence-electron chi connectivity index (χ2n) is 3.78. The van der Waals surface area contributed by atoms with Gasteiger partial charge < -0.3 is 4.74 Å². The van der Waals surface area contributed by atoms with Crippen molar-refractivity contribution in [2.24, 2.45) is 5.92 Å². The van der Waals surface area contributed by atoms with Gasteiger partial charge in [-0.2, -0.15) is 18.2 Å². The lowest BCUT2D eigenvalue weighted by Gasteiger charge is -2.10. The zero-order valence-corrected chi connectivity index (χ0v) is 9.28. The predicted molar refractivity (Wildman–Crippen MR) is 52.8 cm³/mol. The van der Waals surface area contributed by atoms with Crippen LogP contribution in [0.1, 0.15) is 30.2 Å². The van der Waals surface area contributed by atoms with E-state index >= 15 is 0 Å².